The molecule has 25 heavy (non-hydrogen) atoms. The normalized spacial score (nSPS) is 18.9. The molecular formula is C16H9N3O5S. The van der Waals surface area contributed by atoms with Crippen LogP contribution in [0.15, 0.2) is 64.1 Å². The maximum absolute atomic E-state index is 12.5. The molecule has 2 aromatic carbocycles. The number of nitro groups is 1. The number of hydrogen-bond acceptors (Lipinski definition) is 6. The lowest BCUT2D eigenvalue weighted by atomic mass is 10.1. The van der Waals surface area contributed by atoms with E-state index in [1.54, 1.807) is 24.3 Å². The third kappa shape index (κ3) is 2.17. The number of hydrogen-bond donors (Lipinski definition) is 0. The molecule has 0 N–H and O–H groups in total. The molecule has 0 saturated heterocycles. The molecule has 124 valence electrons. The number of benzene rings is 2. The third-order valence-electron chi connectivity index (χ3n) is 3.85. The van der Waals surface area contributed by atoms with E-state index in [2.05, 4.69) is 4.99 Å². The summed E-state index contributed by atoms with van der Waals surface area (Å²) >= 11 is 0. The van der Waals surface area contributed by atoms with Gasteiger partial charge in [0.2, 0.25) is 0 Å². The molecule has 2 aliphatic rings. The van der Waals surface area contributed by atoms with Crippen LogP contribution < -0.4 is 0 Å². The van der Waals surface area contributed by atoms with Gasteiger partial charge < -0.3 is 0 Å². The van der Waals surface area contributed by atoms with Gasteiger partial charge in [0.1, 0.15) is 5.70 Å². The van der Waals surface area contributed by atoms with Crippen molar-refractivity contribution in [3.8, 4) is 0 Å². The summed E-state index contributed by atoms with van der Waals surface area (Å²) in [7, 11) is -3.98. The van der Waals surface area contributed by atoms with Crippen LogP contribution in [0.2, 0.25) is 0 Å². The van der Waals surface area contributed by atoms with Crippen LogP contribution >= 0.6 is 0 Å². The van der Waals surface area contributed by atoms with Gasteiger partial charge in [-0.25, -0.2) is 13.4 Å². The number of amides is 1. The van der Waals surface area contributed by atoms with E-state index >= 15 is 0 Å². The fourth-order valence-electron chi connectivity index (χ4n) is 2.75. The second-order valence-electron chi connectivity index (χ2n) is 5.39. The Labute approximate surface area is 141 Å². The maximum atomic E-state index is 12.5. The zero-order valence-electron chi connectivity index (χ0n) is 12.5. The average molecular weight is 355 g/mol. The first kappa shape index (κ1) is 15.2. The number of rotatable bonds is 2. The Balaban J connectivity index is 1.84. The van der Waals surface area contributed by atoms with Gasteiger partial charge in [0.25, 0.3) is 21.6 Å². The maximum Gasteiger partial charge on any atom is 0.292 e. The van der Waals surface area contributed by atoms with E-state index in [1.165, 1.54) is 30.3 Å². The van der Waals surface area contributed by atoms with Crippen LogP contribution in [0.3, 0.4) is 0 Å². The molecule has 1 amide bonds. The molecule has 0 fully saturated rings. The van der Waals surface area contributed by atoms with Crippen molar-refractivity contribution in [2.24, 2.45) is 4.99 Å². The van der Waals surface area contributed by atoms with E-state index in [0.717, 1.165) is 0 Å². The summed E-state index contributed by atoms with van der Waals surface area (Å²) in [5, 5.41) is 10.8. The lowest BCUT2D eigenvalue weighted by Gasteiger charge is -2.08. The number of aliphatic imine (C=N–C) groups is 1. The van der Waals surface area contributed by atoms with Crippen LogP contribution in [0, 0.1) is 10.1 Å². The Bertz CT molecular complexity index is 1120. The van der Waals surface area contributed by atoms with Gasteiger partial charge in [-0.3, -0.25) is 14.9 Å². The molecule has 2 heterocycles. The molecule has 0 aliphatic carbocycles. The number of non-ortho nitro benzene ring substituents is 1. The van der Waals surface area contributed by atoms with Gasteiger partial charge in [0.05, 0.1) is 9.82 Å². The lowest BCUT2D eigenvalue weighted by Crippen LogP contribution is -2.32. The smallest absolute Gasteiger partial charge is 0.266 e. The van der Waals surface area contributed by atoms with Crippen molar-refractivity contribution in [2.75, 3.05) is 0 Å². The largest absolute Gasteiger partial charge is 0.292 e. The molecule has 0 saturated carbocycles. The summed E-state index contributed by atoms with van der Waals surface area (Å²) in [5.74, 6) is -0.727. The first-order valence-corrected chi connectivity index (χ1v) is 8.57. The van der Waals surface area contributed by atoms with Gasteiger partial charge in [0, 0.05) is 17.7 Å². The minimum atomic E-state index is -3.98. The van der Waals surface area contributed by atoms with Crippen LogP contribution in [-0.2, 0) is 14.8 Å². The number of amidine groups is 1. The van der Waals surface area contributed by atoms with Crippen molar-refractivity contribution in [3.63, 3.8) is 0 Å². The van der Waals surface area contributed by atoms with Crippen LogP contribution in [-0.4, -0.2) is 29.4 Å². The average Bonchev–Trinajstić information content (AvgIpc) is 3.02. The number of carbonyl (C=O) groups excluding carboxylic acids is 1. The Kier molecular flexibility index (Phi) is 3.09. The van der Waals surface area contributed by atoms with Crippen molar-refractivity contribution in [2.45, 2.75) is 4.90 Å². The molecule has 0 atom stereocenters. The molecule has 2 aromatic rings. The van der Waals surface area contributed by atoms with Crippen LogP contribution in [0.1, 0.15) is 11.1 Å². The molecule has 0 spiro atoms. The van der Waals surface area contributed by atoms with Crippen molar-refractivity contribution >= 4 is 33.5 Å². The highest BCUT2D eigenvalue weighted by Gasteiger charge is 2.48. The molecule has 2 aliphatic heterocycles. The fraction of sp³-hybridized carbons (Fsp3) is 0. The van der Waals surface area contributed by atoms with Gasteiger partial charge in [-0.2, -0.15) is 4.31 Å². The summed E-state index contributed by atoms with van der Waals surface area (Å²) in [6, 6.07) is 11.9. The second kappa shape index (κ2) is 5.08. The Morgan fingerprint density at radius 3 is 2.64 bits per heavy atom. The van der Waals surface area contributed by atoms with E-state index in [-0.39, 0.29) is 22.1 Å². The Morgan fingerprint density at radius 2 is 1.88 bits per heavy atom. The number of nitrogens with zero attached hydrogens (tertiary/aromatic N) is 3. The van der Waals surface area contributed by atoms with E-state index in [4.69, 9.17) is 0 Å². The second-order valence-corrected chi connectivity index (χ2v) is 7.14. The monoisotopic (exact) mass is 355 g/mol. The Morgan fingerprint density at radius 1 is 1.12 bits per heavy atom. The number of fused-ring (bicyclic) bond motifs is 3. The zero-order valence-corrected chi connectivity index (χ0v) is 13.3. The highest BCUT2D eigenvalue weighted by Crippen LogP contribution is 2.36. The predicted molar refractivity (Wildman–Crippen MR) is 88.1 cm³/mol. The van der Waals surface area contributed by atoms with Crippen LogP contribution in [0.5, 0.6) is 0 Å². The van der Waals surface area contributed by atoms with Gasteiger partial charge in [-0.05, 0) is 23.8 Å². The number of carbonyl (C=O) groups is 1. The summed E-state index contributed by atoms with van der Waals surface area (Å²) in [6.07, 6.45) is 1.33. The first-order valence-electron chi connectivity index (χ1n) is 7.13. The molecule has 0 unspecified atom stereocenters. The van der Waals surface area contributed by atoms with Crippen LogP contribution in [0.25, 0.3) is 6.08 Å². The van der Waals surface area contributed by atoms with Crippen molar-refractivity contribution in [1.29, 1.82) is 0 Å². The molecule has 8 nitrogen and oxygen atoms in total. The fourth-order valence-corrected chi connectivity index (χ4v) is 4.32. The summed E-state index contributed by atoms with van der Waals surface area (Å²) in [4.78, 5) is 27.0. The van der Waals surface area contributed by atoms with Gasteiger partial charge in [-0.15, -0.1) is 0 Å². The molecule has 0 aromatic heterocycles. The SMILES string of the molecule is O=C1/C(=C\c2cccc([N+](=O)[O-])c2)N=C2c3ccccc3S(=O)(=O)N12. The quantitative estimate of drug-likeness (QED) is 0.464. The Hall–Kier alpha value is -3.33. The van der Waals surface area contributed by atoms with Gasteiger partial charge >= 0.3 is 0 Å². The highest BCUT2D eigenvalue weighted by molar-refractivity contribution is 7.91. The predicted octanol–water partition coefficient (Wildman–Crippen LogP) is 1.93. The van der Waals surface area contributed by atoms with E-state index in [0.29, 0.717) is 15.4 Å². The minimum Gasteiger partial charge on any atom is -0.266 e. The first-order chi connectivity index (χ1) is 11.9. The molecule has 0 radical (unpaired) electrons. The van der Waals surface area contributed by atoms with E-state index in [9.17, 15) is 23.3 Å². The van der Waals surface area contributed by atoms with Crippen molar-refractivity contribution in [3.05, 3.63) is 75.5 Å². The minimum absolute atomic E-state index is 0.0384. The molecule has 0 bridgehead atoms. The van der Waals surface area contributed by atoms with E-state index in [1.807, 2.05) is 0 Å². The molecule has 4 rings (SSSR count). The van der Waals surface area contributed by atoms with Gasteiger partial charge in [-0.1, -0.05) is 24.3 Å². The summed E-state index contributed by atoms with van der Waals surface area (Å²) < 4.78 is 25.7. The molecule has 9 heteroatoms. The zero-order chi connectivity index (χ0) is 17.8. The van der Waals surface area contributed by atoms with E-state index < -0.39 is 20.9 Å². The third-order valence-corrected chi connectivity index (χ3v) is 5.58. The van der Waals surface area contributed by atoms with Crippen molar-refractivity contribution < 1.29 is 18.1 Å². The lowest BCUT2D eigenvalue weighted by molar-refractivity contribution is -0.384. The van der Waals surface area contributed by atoms with Crippen LogP contribution in [0.4, 0.5) is 5.69 Å². The summed E-state index contributed by atoms with van der Waals surface area (Å²) in [6.45, 7) is 0. The topological polar surface area (TPSA) is 110 Å². The molecular weight excluding hydrogens is 346 g/mol. The summed E-state index contributed by atoms with van der Waals surface area (Å²) in [5.41, 5.74) is 0.520. The standard InChI is InChI=1S/C16H9N3O5S/c20-16-13(9-10-4-3-5-11(8-10)19(21)22)17-15-12-6-1-2-7-14(12)25(23,24)18(15)16/h1-9H/b13-9+. The number of nitro benzene ring substituents is 1. The van der Waals surface area contributed by atoms with Gasteiger partial charge in [0.15, 0.2) is 5.84 Å². The highest BCUT2D eigenvalue weighted by atomic mass is 32.2. The number of sulfonamides is 1. The van der Waals surface area contributed by atoms with Crippen molar-refractivity contribution in [1.82, 2.24) is 4.31 Å².